The number of nitrogens with zero attached hydrogens (tertiary/aromatic N) is 2. The van der Waals surface area contributed by atoms with Crippen molar-refractivity contribution < 1.29 is 9.53 Å². The second-order valence-electron chi connectivity index (χ2n) is 3.87. The lowest BCUT2D eigenvalue weighted by Gasteiger charge is -2.08. The Labute approximate surface area is 96.0 Å². The molecule has 0 saturated carbocycles. The molecule has 1 aromatic rings. The van der Waals surface area contributed by atoms with Gasteiger partial charge in [0.05, 0.1) is 7.11 Å². The molecule has 1 unspecified atom stereocenters. The van der Waals surface area contributed by atoms with Gasteiger partial charge in [-0.05, 0) is 12.5 Å². The molecule has 0 N–H and O–H groups in total. The van der Waals surface area contributed by atoms with Gasteiger partial charge in [0.15, 0.2) is 5.78 Å². The molecule has 88 valence electrons. The first-order chi connectivity index (χ1) is 7.69. The predicted octanol–water partition coefficient (Wildman–Crippen LogP) is 2.49. The molecule has 1 atom stereocenters. The highest BCUT2D eigenvalue weighted by Crippen LogP contribution is 2.14. The third kappa shape index (κ3) is 3.29. The zero-order chi connectivity index (χ0) is 12.0. The Hall–Kier alpha value is -1.45. The molecular formula is C12H18N2O2. The van der Waals surface area contributed by atoms with E-state index in [0.717, 1.165) is 19.3 Å². The first-order valence-corrected chi connectivity index (χ1v) is 5.61. The number of unbranched alkanes of at least 4 members (excludes halogenated alkanes) is 1. The van der Waals surface area contributed by atoms with Crippen LogP contribution in [0.4, 0.5) is 0 Å². The van der Waals surface area contributed by atoms with Gasteiger partial charge in [0.25, 0.3) is 0 Å². The average molecular weight is 222 g/mol. The number of carbonyl (C=O) groups is 1. The fraction of sp³-hybridized carbons (Fsp3) is 0.583. The van der Waals surface area contributed by atoms with Crippen LogP contribution in [0, 0.1) is 5.92 Å². The van der Waals surface area contributed by atoms with Crippen LogP contribution < -0.4 is 4.74 Å². The summed E-state index contributed by atoms with van der Waals surface area (Å²) in [5.74, 6) is 0.504. The molecule has 1 heterocycles. The standard InChI is InChI=1S/C12H18N2O2/c1-4-5-6-9(2)12(15)10-7-8-11(16-3)14-13-10/h7-9H,4-6H2,1-3H3. The van der Waals surface area contributed by atoms with Crippen LogP contribution in [0.2, 0.25) is 0 Å². The van der Waals surface area contributed by atoms with E-state index in [1.807, 2.05) is 6.92 Å². The van der Waals surface area contributed by atoms with Gasteiger partial charge in [-0.2, -0.15) is 0 Å². The smallest absolute Gasteiger partial charge is 0.233 e. The first kappa shape index (κ1) is 12.6. The van der Waals surface area contributed by atoms with Crippen LogP contribution in [0.1, 0.15) is 43.6 Å². The summed E-state index contributed by atoms with van der Waals surface area (Å²) in [4.78, 5) is 11.9. The number of hydrogen-bond acceptors (Lipinski definition) is 4. The van der Waals surface area contributed by atoms with E-state index in [9.17, 15) is 4.79 Å². The summed E-state index contributed by atoms with van der Waals surface area (Å²) in [6.45, 7) is 4.05. The maximum atomic E-state index is 11.9. The number of hydrogen-bond donors (Lipinski definition) is 0. The monoisotopic (exact) mass is 222 g/mol. The van der Waals surface area contributed by atoms with Crippen molar-refractivity contribution in [3.05, 3.63) is 17.8 Å². The Balaban J connectivity index is 2.64. The molecule has 0 radical (unpaired) electrons. The minimum atomic E-state index is 0.0163. The summed E-state index contributed by atoms with van der Waals surface area (Å²) in [5, 5.41) is 7.64. The Morgan fingerprint density at radius 1 is 1.44 bits per heavy atom. The lowest BCUT2D eigenvalue weighted by Crippen LogP contribution is -2.13. The Kier molecular flexibility index (Phi) is 4.89. The summed E-state index contributed by atoms with van der Waals surface area (Å²) in [5.41, 5.74) is 0.421. The minimum absolute atomic E-state index is 0.0163. The summed E-state index contributed by atoms with van der Waals surface area (Å²) >= 11 is 0. The minimum Gasteiger partial charge on any atom is -0.480 e. The zero-order valence-electron chi connectivity index (χ0n) is 10.1. The van der Waals surface area contributed by atoms with Gasteiger partial charge in [-0.25, -0.2) is 0 Å². The molecule has 0 fully saturated rings. The van der Waals surface area contributed by atoms with E-state index < -0.39 is 0 Å². The zero-order valence-corrected chi connectivity index (χ0v) is 10.1. The molecule has 0 aliphatic heterocycles. The Morgan fingerprint density at radius 3 is 2.69 bits per heavy atom. The van der Waals surface area contributed by atoms with Crippen molar-refractivity contribution in [2.75, 3.05) is 7.11 Å². The highest BCUT2D eigenvalue weighted by atomic mass is 16.5. The average Bonchev–Trinajstić information content (AvgIpc) is 2.35. The molecule has 0 spiro atoms. The van der Waals surface area contributed by atoms with Gasteiger partial charge in [-0.3, -0.25) is 4.79 Å². The fourth-order valence-corrected chi connectivity index (χ4v) is 1.45. The van der Waals surface area contributed by atoms with Gasteiger partial charge >= 0.3 is 0 Å². The summed E-state index contributed by atoms with van der Waals surface area (Å²) in [6, 6.07) is 3.32. The number of Topliss-reactive ketones (excluding diaryl/α,β-unsaturated/α-hetero) is 1. The topological polar surface area (TPSA) is 52.1 Å². The molecule has 4 nitrogen and oxygen atoms in total. The molecule has 1 rings (SSSR count). The van der Waals surface area contributed by atoms with Gasteiger partial charge < -0.3 is 4.74 Å². The number of rotatable bonds is 6. The second-order valence-corrected chi connectivity index (χ2v) is 3.87. The van der Waals surface area contributed by atoms with Crippen LogP contribution in [-0.4, -0.2) is 23.1 Å². The molecule has 0 saturated heterocycles. The fourth-order valence-electron chi connectivity index (χ4n) is 1.45. The van der Waals surface area contributed by atoms with Crippen molar-refractivity contribution in [1.29, 1.82) is 0 Å². The molecule has 0 amide bonds. The van der Waals surface area contributed by atoms with Gasteiger partial charge in [0, 0.05) is 12.0 Å². The van der Waals surface area contributed by atoms with Crippen molar-refractivity contribution in [2.45, 2.75) is 33.1 Å². The maximum absolute atomic E-state index is 11.9. The number of carbonyl (C=O) groups excluding carboxylic acids is 1. The van der Waals surface area contributed by atoms with Crippen LogP contribution in [-0.2, 0) is 0 Å². The molecule has 0 aliphatic carbocycles. The van der Waals surface area contributed by atoms with E-state index in [1.54, 1.807) is 12.1 Å². The van der Waals surface area contributed by atoms with Crippen molar-refractivity contribution in [2.24, 2.45) is 5.92 Å². The van der Waals surface area contributed by atoms with E-state index >= 15 is 0 Å². The maximum Gasteiger partial charge on any atom is 0.233 e. The van der Waals surface area contributed by atoms with E-state index in [1.165, 1.54) is 7.11 Å². The second kappa shape index (κ2) is 6.20. The Morgan fingerprint density at radius 2 is 2.19 bits per heavy atom. The van der Waals surface area contributed by atoms with E-state index in [0.29, 0.717) is 11.6 Å². The molecule has 4 heteroatoms. The predicted molar refractivity (Wildman–Crippen MR) is 61.6 cm³/mol. The van der Waals surface area contributed by atoms with Gasteiger partial charge in [-0.15, -0.1) is 10.2 Å². The van der Waals surface area contributed by atoms with Crippen molar-refractivity contribution in [1.82, 2.24) is 10.2 Å². The molecule has 1 aromatic heterocycles. The summed E-state index contributed by atoms with van der Waals surface area (Å²) in [6.07, 6.45) is 3.07. The van der Waals surface area contributed by atoms with Crippen molar-refractivity contribution in [3.8, 4) is 5.88 Å². The first-order valence-electron chi connectivity index (χ1n) is 5.61. The number of ether oxygens (including phenoxy) is 1. The van der Waals surface area contributed by atoms with Gasteiger partial charge in [0.2, 0.25) is 5.88 Å². The molecule has 0 aliphatic rings. The van der Waals surface area contributed by atoms with Crippen molar-refractivity contribution in [3.63, 3.8) is 0 Å². The number of ketones is 1. The number of methoxy groups -OCH3 is 1. The summed E-state index contributed by atoms with van der Waals surface area (Å²) in [7, 11) is 1.52. The van der Waals surface area contributed by atoms with Gasteiger partial charge in [-0.1, -0.05) is 26.7 Å². The summed E-state index contributed by atoms with van der Waals surface area (Å²) < 4.78 is 4.89. The van der Waals surface area contributed by atoms with Crippen LogP contribution in [0.5, 0.6) is 5.88 Å². The SMILES string of the molecule is CCCCC(C)C(=O)c1ccc(OC)nn1. The molecular weight excluding hydrogens is 204 g/mol. The van der Waals surface area contributed by atoms with Gasteiger partial charge in [0.1, 0.15) is 5.69 Å². The van der Waals surface area contributed by atoms with Crippen LogP contribution in [0.15, 0.2) is 12.1 Å². The molecule has 16 heavy (non-hydrogen) atoms. The lowest BCUT2D eigenvalue weighted by molar-refractivity contribution is 0.0916. The number of aromatic nitrogens is 2. The lowest BCUT2D eigenvalue weighted by atomic mass is 9.97. The van der Waals surface area contributed by atoms with Crippen LogP contribution in [0.25, 0.3) is 0 Å². The largest absolute Gasteiger partial charge is 0.480 e. The molecule has 0 aromatic carbocycles. The Bertz CT molecular complexity index is 335. The van der Waals surface area contributed by atoms with Crippen LogP contribution >= 0.6 is 0 Å². The third-order valence-electron chi connectivity index (χ3n) is 2.54. The van der Waals surface area contributed by atoms with E-state index in [4.69, 9.17) is 4.74 Å². The van der Waals surface area contributed by atoms with E-state index in [2.05, 4.69) is 17.1 Å². The molecule has 0 bridgehead atoms. The normalized spacial score (nSPS) is 12.2. The van der Waals surface area contributed by atoms with Crippen molar-refractivity contribution >= 4 is 5.78 Å². The highest BCUT2D eigenvalue weighted by molar-refractivity contribution is 5.95. The third-order valence-corrected chi connectivity index (χ3v) is 2.54. The highest BCUT2D eigenvalue weighted by Gasteiger charge is 2.16. The van der Waals surface area contributed by atoms with Crippen LogP contribution in [0.3, 0.4) is 0 Å². The quantitative estimate of drug-likeness (QED) is 0.694. The van der Waals surface area contributed by atoms with E-state index in [-0.39, 0.29) is 11.7 Å².